The monoisotopic (exact) mass is 301 g/mol. The van der Waals surface area contributed by atoms with Crippen molar-refractivity contribution >= 4 is 17.6 Å². The first-order valence-corrected chi connectivity index (χ1v) is 7.14. The summed E-state index contributed by atoms with van der Waals surface area (Å²) in [6.07, 6.45) is 0.580. The molecule has 0 aliphatic heterocycles. The fourth-order valence-electron chi connectivity index (χ4n) is 2.32. The number of nitrogens with zero attached hydrogens (tertiary/aromatic N) is 2. The summed E-state index contributed by atoms with van der Waals surface area (Å²) in [5.74, 6) is -0.265. The van der Waals surface area contributed by atoms with E-state index in [1.54, 1.807) is 0 Å². The summed E-state index contributed by atoms with van der Waals surface area (Å²) in [5, 5.41) is 8.33. The third-order valence-electron chi connectivity index (χ3n) is 3.36. The van der Waals surface area contributed by atoms with Crippen molar-refractivity contribution < 1.29 is 9.53 Å². The van der Waals surface area contributed by atoms with E-state index in [1.807, 2.05) is 39.3 Å². The number of rotatable bonds is 6. The Bertz CT molecular complexity index is 485. The van der Waals surface area contributed by atoms with Crippen LogP contribution in [0.5, 0.6) is 0 Å². The first kappa shape index (κ1) is 17.0. The van der Waals surface area contributed by atoms with Gasteiger partial charge in [-0.3, -0.25) is 14.8 Å². The van der Waals surface area contributed by atoms with Gasteiger partial charge in [0.15, 0.2) is 0 Å². The molecule has 1 heterocycles. The number of halogens is 1. The first-order chi connectivity index (χ1) is 9.21. The normalized spacial score (nSPS) is 14.4. The van der Waals surface area contributed by atoms with Gasteiger partial charge in [0.25, 0.3) is 0 Å². The Morgan fingerprint density at radius 2 is 2.10 bits per heavy atom. The van der Waals surface area contributed by atoms with E-state index >= 15 is 0 Å². The van der Waals surface area contributed by atoms with E-state index in [9.17, 15) is 4.79 Å². The maximum atomic E-state index is 12.0. The van der Waals surface area contributed by atoms with E-state index in [1.165, 1.54) is 7.11 Å². The fourth-order valence-corrected chi connectivity index (χ4v) is 2.45. The summed E-state index contributed by atoms with van der Waals surface area (Å²) in [5.41, 5.74) is 0.989. The lowest BCUT2D eigenvalue weighted by Crippen LogP contribution is -2.53. The Balaban J connectivity index is 2.86. The van der Waals surface area contributed by atoms with E-state index in [-0.39, 0.29) is 12.0 Å². The average molecular weight is 302 g/mol. The summed E-state index contributed by atoms with van der Waals surface area (Å²) in [6.45, 7) is 10.3. The summed E-state index contributed by atoms with van der Waals surface area (Å²) in [6, 6.07) is 0.183. The molecule has 5 nitrogen and oxygen atoms in total. The molecule has 0 aromatic carbocycles. The quantitative estimate of drug-likeness (QED) is 0.820. The van der Waals surface area contributed by atoms with E-state index in [0.29, 0.717) is 18.0 Å². The van der Waals surface area contributed by atoms with Crippen LogP contribution in [0.1, 0.15) is 38.6 Å². The van der Waals surface area contributed by atoms with Crippen molar-refractivity contribution in [1.82, 2.24) is 15.1 Å². The lowest BCUT2D eigenvalue weighted by atomic mass is 9.96. The molecular weight excluding hydrogens is 278 g/mol. The van der Waals surface area contributed by atoms with E-state index < -0.39 is 5.54 Å². The number of esters is 1. The van der Waals surface area contributed by atoms with Crippen LogP contribution in [0.15, 0.2) is 0 Å². The summed E-state index contributed by atoms with van der Waals surface area (Å²) < 4.78 is 6.74. The van der Waals surface area contributed by atoms with E-state index in [2.05, 4.69) is 10.4 Å². The zero-order chi connectivity index (χ0) is 15.5. The van der Waals surface area contributed by atoms with Crippen molar-refractivity contribution in [3.63, 3.8) is 0 Å². The van der Waals surface area contributed by atoms with Crippen LogP contribution in [-0.2, 0) is 16.1 Å². The molecule has 0 bridgehead atoms. The molecule has 0 aliphatic carbocycles. The molecule has 0 saturated heterocycles. The molecule has 0 aliphatic rings. The molecule has 0 saturated carbocycles. The number of methoxy groups -OCH3 is 1. The topological polar surface area (TPSA) is 56.2 Å². The molecule has 20 heavy (non-hydrogen) atoms. The number of carbonyl (C=O) groups excluding carboxylic acids is 1. The number of nitrogens with one attached hydrogen (secondary N) is 1. The Kier molecular flexibility index (Phi) is 5.59. The van der Waals surface area contributed by atoms with Gasteiger partial charge in [-0.25, -0.2) is 0 Å². The molecule has 1 rings (SSSR count). The number of hydrogen-bond acceptors (Lipinski definition) is 4. The third kappa shape index (κ3) is 3.73. The van der Waals surface area contributed by atoms with Crippen LogP contribution >= 0.6 is 11.6 Å². The van der Waals surface area contributed by atoms with Crippen LogP contribution in [0.25, 0.3) is 0 Å². The van der Waals surface area contributed by atoms with Crippen molar-refractivity contribution in [2.75, 3.05) is 7.11 Å². The maximum Gasteiger partial charge on any atom is 0.325 e. The molecular formula is C14H24ClN3O2. The zero-order valence-electron chi connectivity index (χ0n) is 13.1. The van der Waals surface area contributed by atoms with Crippen LogP contribution in [0.4, 0.5) is 0 Å². The van der Waals surface area contributed by atoms with Gasteiger partial charge in [-0.1, -0.05) is 11.6 Å². The molecule has 1 unspecified atom stereocenters. The summed E-state index contributed by atoms with van der Waals surface area (Å²) in [7, 11) is 1.41. The van der Waals surface area contributed by atoms with Crippen LogP contribution in [0, 0.1) is 13.8 Å². The second kappa shape index (κ2) is 6.59. The molecule has 0 amide bonds. The van der Waals surface area contributed by atoms with Crippen LogP contribution in [0.2, 0.25) is 5.02 Å². The van der Waals surface area contributed by atoms with Crippen LogP contribution < -0.4 is 5.32 Å². The highest BCUT2D eigenvalue weighted by Gasteiger charge is 2.34. The molecule has 1 atom stereocenters. The van der Waals surface area contributed by atoms with Crippen molar-refractivity contribution in [2.24, 2.45) is 0 Å². The fraction of sp³-hybridized carbons (Fsp3) is 0.714. The lowest BCUT2D eigenvalue weighted by Gasteiger charge is -2.30. The third-order valence-corrected chi connectivity index (χ3v) is 3.91. The standard InChI is InChI=1S/C14H24ClN3O2/c1-9(2)16-14(5,13(19)20-6)7-8-18-11(4)12(15)10(3)17-18/h9,16H,7-8H2,1-6H3. The second-order valence-corrected chi connectivity index (χ2v) is 5.96. The molecule has 1 N–H and O–H groups in total. The second-order valence-electron chi connectivity index (χ2n) is 5.58. The van der Waals surface area contributed by atoms with E-state index in [0.717, 1.165) is 11.4 Å². The van der Waals surface area contributed by atoms with Crippen LogP contribution in [-0.4, -0.2) is 34.4 Å². The van der Waals surface area contributed by atoms with Gasteiger partial charge in [-0.2, -0.15) is 5.10 Å². The SMILES string of the molecule is COC(=O)C(C)(CCn1nc(C)c(Cl)c1C)NC(C)C. The molecule has 1 aromatic rings. The maximum absolute atomic E-state index is 12.0. The van der Waals surface area contributed by atoms with Crippen molar-refractivity contribution in [3.05, 3.63) is 16.4 Å². The predicted octanol–water partition coefficient (Wildman–Crippen LogP) is 2.47. The Morgan fingerprint density at radius 3 is 2.50 bits per heavy atom. The first-order valence-electron chi connectivity index (χ1n) is 6.77. The average Bonchev–Trinajstić information content (AvgIpc) is 2.62. The van der Waals surface area contributed by atoms with Gasteiger partial charge in [-0.05, 0) is 41.0 Å². The Labute approximate surface area is 125 Å². The van der Waals surface area contributed by atoms with Gasteiger partial charge in [0.05, 0.1) is 23.5 Å². The molecule has 1 aromatic heterocycles. The van der Waals surface area contributed by atoms with Gasteiger partial charge in [-0.15, -0.1) is 0 Å². The molecule has 0 fully saturated rings. The molecule has 0 radical (unpaired) electrons. The minimum atomic E-state index is -0.734. The van der Waals surface area contributed by atoms with Crippen LogP contribution in [0.3, 0.4) is 0 Å². The Morgan fingerprint density at radius 1 is 1.50 bits per heavy atom. The highest BCUT2D eigenvalue weighted by molar-refractivity contribution is 6.31. The van der Waals surface area contributed by atoms with Gasteiger partial charge in [0.2, 0.25) is 0 Å². The van der Waals surface area contributed by atoms with Gasteiger partial charge in [0, 0.05) is 12.6 Å². The van der Waals surface area contributed by atoms with Gasteiger partial charge < -0.3 is 4.74 Å². The minimum absolute atomic E-state index is 0.183. The zero-order valence-corrected chi connectivity index (χ0v) is 13.8. The van der Waals surface area contributed by atoms with Crippen molar-refractivity contribution in [3.8, 4) is 0 Å². The van der Waals surface area contributed by atoms with Gasteiger partial charge in [0.1, 0.15) is 5.54 Å². The number of hydrogen-bond donors (Lipinski definition) is 1. The lowest BCUT2D eigenvalue weighted by molar-refractivity contribution is -0.148. The highest BCUT2D eigenvalue weighted by atomic mass is 35.5. The summed E-state index contributed by atoms with van der Waals surface area (Å²) in [4.78, 5) is 12.0. The van der Waals surface area contributed by atoms with Gasteiger partial charge >= 0.3 is 5.97 Å². The largest absolute Gasteiger partial charge is 0.468 e. The molecule has 0 spiro atoms. The van der Waals surface area contributed by atoms with Crippen molar-refractivity contribution in [2.45, 2.75) is 59.2 Å². The summed E-state index contributed by atoms with van der Waals surface area (Å²) >= 11 is 6.13. The molecule has 114 valence electrons. The smallest absolute Gasteiger partial charge is 0.325 e. The number of ether oxygens (including phenoxy) is 1. The highest BCUT2D eigenvalue weighted by Crippen LogP contribution is 2.21. The van der Waals surface area contributed by atoms with E-state index in [4.69, 9.17) is 16.3 Å². The molecule has 6 heteroatoms. The Hall–Kier alpha value is -1.07. The number of carbonyl (C=O) groups is 1. The number of aryl methyl sites for hydroxylation is 2. The van der Waals surface area contributed by atoms with Crippen molar-refractivity contribution in [1.29, 1.82) is 0 Å². The minimum Gasteiger partial charge on any atom is -0.468 e. The predicted molar refractivity (Wildman–Crippen MR) is 80.0 cm³/mol. The number of aromatic nitrogens is 2.